The molecule has 1 fully saturated rings. The Labute approximate surface area is 82.2 Å². The molecule has 1 aromatic heterocycles. The third-order valence-electron chi connectivity index (χ3n) is 2.59. The van der Waals surface area contributed by atoms with E-state index in [0.717, 1.165) is 17.0 Å². The molecule has 1 N–H and O–H groups in total. The number of rotatable bonds is 2. The van der Waals surface area contributed by atoms with Gasteiger partial charge in [0.25, 0.3) is 0 Å². The number of hydrogen-bond acceptors (Lipinski definition) is 2. The van der Waals surface area contributed by atoms with Crippen LogP contribution in [-0.2, 0) is 0 Å². The molecule has 3 nitrogen and oxygen atoms in total. The van der Waals surface area contributed by atoms with Gasteiger partial charge in [0.2, 0.25) is 0 Å². The van der Waals surface area contributed by atoms with E-state index in [1.807, 2.05) is 18.2 Å². The summed E-state index contributed by atoms with van der Waals surface area (Å²) >= 11 is 0. The van der Waals surface area contributed by atoms with Crippen LogP contribution in [0.15, 0.2) is 30.3 Å². The van der Waals surface area contributed by atoms with Gasteiger partial charge in [-0.1, -0.05) is 30.3 Å². The molecule has 3 heteroatoms. The van der Waals surface area contributed by atoms with Gasteiger partial charge in [-0.3, -0.25) is 0 Å². The smallest absolute Gasteiger partial charge is 0.116 e. The summed E-state index contributed by atoms with van der Waals surface area (Å²) in [5, 5.41) is 11.1. The van der Waals surface area contributed by atoms with Crippen molar-refractivity contribution in [3.8, 4) is 11.3 Å². The number of nitrogens with zero attached hydrogens (tertiary/aromatic N) is 2. The lowest BCUT2D eigenvalue weighted by molar-refractivity contribution is 0.904. The number of hydrogen-bond donors (Lipinski definition) is 1. The zero-order valence-electron chi connectivity index (χ0n) is 7.77. The maximum Gasteiger partial charge on any atom is 0.116 e. The zero-order chi connectivity index (χ0) is 9.38. The van der Waals surface area contributed by atoms with Crippen LogP contribution in [-0.4, -0.2) is 15.4 Å². The van der Waals surface area contributed by atoms with E-state index in [0.29, 0.717) is 5.92 Å². The van der Waals surface area contributed by atoms with E-state index in [4.69, 9.17) is 0 Å². The van der Waals surface area contributed by atoms with Crippen LogP contribution in [0.3, 0.4) is 0 Å². The highest BCUT2D eigenvalue weighted by Crippen LogP contribution is 2.42. The number of nitrogens with one attached hydrogen (secondary N) is 1. The topological polar surface area (TPSA) is 41.6 Å². The lowest BCUT2D eigenvalue weighted by Gasteiger charge is -1.97. The largest absolute Gasteiger partial charge is 0.197 e. The molecule has 3 rings (SSSR count). The van der Waals surface area contributed by atoms with Crippen molar-refractivity contribution >= 4 is 0 Å². The second-order valence-electron chi connectivity index (χ2n) is 3.70. The van der Waals surface area contributed by atoms with Gasteiger partial charge in [-0.05, 0) is 12.8 Å². The fraction of sp³-hybridized carbons (Fsp3) is 0.273. The first-order valence-electron chi connectivity index (χ1n) is 4.91. The molecule has 1 saturated carbocycles. The fourth-order valence-corrected chi connectivity index (χ4v) is 1.69. The van der Waals surface area contributed by atoms with Crippen molar-refractivity contribution in [3.05, 3.63) is 36.0 Å². The molecule has 1 heterocycles. The van der Waals surface area contributed by atoms with Gasteiger partial charge in [-0.25, -0.2) is 0 Å². The third kappa shape index (κ3) is 1.21. The Hall–Kier alpha value is -1.64. The van der Waals surface area contributed by atoms with Crippen LogP contribution in [0.25, 0.3) is 11.3 Å². The van der Waals surface area contributed by atoms with Crippen molar-refractivity contribution in [1.29, 1.82) is 0 Å². The van der Waals surface area contributed by atoms with E-state index in [1.165, 1.54) is 12.8 Å². The van der Waals surface area contributed by atoms with E-state index in [9.17, 15) is 0 Å². The van der Waals surface area contributed by atoms with Gasteiger partial charge < -0.3 is 0 Å². The van der Waals surface area contributed by atoms with Crippen LogP contribution >= 0.6 is 0 Å². The number of H-pyrrole nitrogens is 1. The summed E-state index contributed by atoms with van der Waals surface area (Å²) in [4.78, 5) is 0. The molecule has 70 valence electrons. The zero-order valence-corrected chi connectivity index (χ0v) is 7.77. The molecular formula is C11H11N3. The van der Waals surface area contributed by atoms with E-state index in [2.05, 4.69) is 27.5 Å². The SMILES string of the molecule is c1ccc(-c2n[nH]nc2C2CC2)cc1. The quantitative estimate of drug-likeness (QED) is 0.780. The van der Waals surface area contributed by atoms with Gasteiger partial charge in [0.05, 0.1) is 5.69 Å². The summed E-state index contributed by atoms with van der Waals surface area (Å²) in [6.45, 7) is 0. The Kier molecular flexibility index (Phi) is 1.63. The predicted molar refractivity (Wildman–Crippen MR) is 53.8 cm³/mol. The molecule has 1 aliphatic carbocycles. The maximum atomic E-state index is 4.22. The van der Waals surface area contributed by atoms with Gasteiger partial charge in [0.1, 0.15) is 5.69 Å². The lowest BCUT2D eigenvalue weighted by atomic mass is 10.1. The van der Waals surface area contributed by atoms with Crippen LogP contribution in [0.4, 0.5) is 0 Å². The van der Waals surface area contributed by atoms with Crippen molar-refractivity contribution in [2.24, 2.45) is 0 Å². The Bertz CT molecular complexity index is 429. The van der Waals surface area contributed by atoms with Crippen molar-refractivity contribution in [1.82, 2.24) is 15.4 Å². The third-order valence-corrected chi connectivity index (χ3v) is 2.59. The number of aromatic amines is 1. The van der Waals surface area contributed by atoms with Crippen LogP contribution in [0.2, 0.25) is 0 Å². The van der Waals surface area contributed by atoms with Gasteiger partial charge in [0.15, 0.2) is 0 Å². The molecular weight excluding hydrogens is 174 g/mol. The average molecular weight is 185 g/mol. The normalized spacial score (nSPS) is 15.7. The van der Waals surface area contributed by atoms with E-state index in [1.54, 1.807) is 0 Å². The highest BCUT2D eigenvalue weighted by atomic mass is 15.3. The Balaban J connectivity index is 2.07. The Morgan fingerprint density at radius 3 is 2.57 bits per heavy atom. The summed E-state index contributed by atoms with van der Waals surface area (Å²) in [7, 11) is 0. The minimum Gasteiger partial charge on any atom is -0.197 e. The van der Waals surface area contributed by atoms with Crippen LogP contribution < -0.4 is 0 Å². The second-order valence-corrected chi connectivity index (χ2v) is 3.70. The number of aromatic nitrogens is 3. The first kappa shape index (κ1) is 7.74. The van der Waals surface area contributed by atoms with E-state index < -0.39 is 0 Å². The molecule has 0 unspecified atom stereocenters. The van der Waals surface area contributed by atoms with Gasteiger partial charge in [-0.2, -0.15) is 15.4 Å². The summed E-state index contributed by atoms with van der Waals surface area (Å²) < 4.78 is 0. The van der Waals surface area contributed by atoms with Crippen LogP contribution in [0.1, 0.15) is 24.5 Å². The molecule has 0 atom stereocenters. The monoisotopic (exact) mass is 185 g/mol. The van der Waals surface area contributed by atoms with Crippen molar-refractivity contribution < 1.29 is 0 Å². The van der Waals surface area contributed by atoms with Crippen molar-refractivity contribution in [2.45, 2.75) is 18.8 Å². The lowest BCUT2D eigenvalue weighted by Crippen LogP contribution is -1.84. The maximum absolute atomic E-state index is 4.22. The average Bonchev–Trinajstić information content (AvgIpc) is 2.98. The van der Waals surface area contributed by atoms with Crippen LogP contribution in [0, 0.1) is 0 Å². The Morgan fingerprint density at radius 2 is 1.86 bits per heavy atom. The van der Waals surface area contributed by atoms with Gasteiger partial charge in [0, 0.05) is 11.5 Å². The van der Waals surface area contributed by atoms with Gasteiger partial charge >= 0.3 is 0 Å². The molecule has 0 saturated heterocycles. The molecule has 14 heavy (non-hydrogen) atoms. The first-order valence-corrected chi connectivity index (χ1v) is 4.91. The number of benzene rings is 1. The molecule has 1 aromatic carbocycles. The molecule has 2 aromatic rings. The molecule has 0 spiro atoms. The predicted octanol–water partition coefficient (Wildman–Crippen LogP) is 2.35. The summed E-state index contributed by atoms with van der Waals surface area (Å²) in [6, 6.07) is 10.2. The highest BCUT2D eigenvalue weighted by Gasteiger charge is 2.29. The van der Waals surface area contributed by atoms with E-state index in [-0.39, 0.29) is 0 Å². The van der Waals surface area contributed by atoms with Gasteiger partial charge in [-0.15, -0.1) is 0 Å². The van der Waals surface area contributed by atoms with Crippen LogP contribution in [0.5, 0.6) is 0 Å². The minimum absolute atomic E-state index is 0.643. The fourth-order valence-electron chi connectivity index (χ4n) is 1.69. The molecule has 0 radical (unpaired) electrons. The second kappa shape index (κ2) is 2.94. The minimum atomic E-state index is 0.643. The van der Waals surface area contributed by atoms with Crippen molar-refractivity contribution in [2.75, 3.05) is 0 Å². The molecule has 0 bridgehead atoms. The standard InChI is InChI=1S/C11H11N3/c1-2-4-8(5-3-1)10-11(9-6-7-9)13-14-12-10/h1-5,9H,6-7H2,(H,12,13,14). The summed E-state index contributed by atoms with van der Waals surface area (Å²) in [5.74, 6) is 0.643. The van der Waals surface area contributed by atoms with Crippen molar-refractivity contribution in [3.63, 3.8) is 0 Å². The Morgan fingerprint density at radius 1 is 1.07 bits per heavy atom. The molecule has 0 amide bonds. The first-order chi connectivity index (χ1) is 6.95. The summed E-state index contributed by atoms with van der Waals surface area (Å²) in [6.07, 6.45) is 2.51. The highest BCUT2D eigenvalue weighted by molar-refractivity contribution is 5.62. The summed E-state index contributed by atoms with van der Waals surface area (Å²) in [5.41, 5.74) is 3.31. The van der Waals surface area contributed by atoms with E-state index >= 15 is 0 Å². The molecule has 0 aliphatic heterocycles. The molecule has 1 aliphatic rings.